The lowest BCUT2D eigenvalue weighted by Crippen LogP contribution is -2.02. The van der Waals surface area contributed by atoms with Crippen LogP contribution in [0, 0.1) is 0 Å². The van der Waals surface area contributed by atoms with Gasteiger partial charge in [0, 0.05) is 66.1 Å². The minimum atomic E-state index is 0.607. The average molecular weight is 881 g/mol. The molecule has 10 aromatic carbocycles. The van der Waals surface area contributed by atoms with Gasteiger partial charge < -0.3 is 13.7 Å². The van der Waals surface area contributed by atoms with Crippen molar-refractivity contribution in [3.63, 3.8) is 0 Å². The number of benzene rings is 10. The highest BCUT2D eigenvalue weighted by Crippen LogP contribution is 2.43. The summed E-state index contributed by atoms with van der Waals surface area (Å²) in [7, 11) is 0. The lowest BCUT2D eigenvalue weighted by molar-refractivity contribution is 1.07. The topological polar surface area (TPSA) is 53.5 Å². The summed E-state index contributed by atoms with van der Waals surface area (Å²) in [5.74, 6) is 1.85. The van der Waals surface area contributed by atoms with Crippen LogP contribution in [0.25, 0.3) is 128 Å². The van der Waals surface area contributed by atoms with E-state index >= 15 is 0 Å². The predicted molar refractivity (Wildman–Crippen MR) is 285 cm³/mol. The van der Waals surface area contributed by atoms with Crippen LogP contribution in [-0.2, 0) is 0 Å². The molecule has 0 saturated heterocycles. The van der Waals surface area contributed by atoms with E-state index in [0.717, 1.165) is 66.9 Å². The number of fused-ring (bicyclic) bond motifs is 10. The van der Waals surface area contributed by atoms with Crippen LogP contribution in [0.4, 0.5) is 0 Å². The number of para-hydroxylation sites is 4. The molecule has 6 nitrogen and oxygen atoms in total. The maximum absolute atomic E-state index is 5.21. The Morgan fingerprint density at radius 2 is 0.609 bits per heavy atom. The Bertz CT molecular complexity index is 4280. The van der Waals surface area contributed by atoms with E-state index in [0.29, 0.717) is 17.5 Å². The maximum Gasteiger partial charge on any atom is 0.164 e. The van der Waals surface area contributed by atoms with Gasteiger partial charge in [-0.25, -0.2) is 15.0 Å². The molecule has 0 aliphatic carbocycles. The number of hydrogen-bond donors (Lipinski definition) is 0. The molecule has 4 heterocycles. The van der Waals surface area contributed by atoms with E-state index in [1.54, 1.807) is 0 Å². The highest BCUT2D eigenvalue weighted by atomic mass is 15.1. The Hall–Kier alpha value is -9.39. The lowest BCUT2D eigenvalue weighted by atomic mass is 10.0. The molecule has 4 aromatic heterocycles. The summed E-state index contributed by atoms with van der Waals surface area (Å²) in [4.78, 5) is 15.5. The fourth-order valence-corrected chi connectivity index (χ4v) is 10.6. The average Bonchev–Trinajstić information content (AvgIpc) is 4.07. The molecule has 6 heteroatoms. The van der Waals surface area contributed by atoms with Gasteiger partial charge in [0.25, 0.3) is 0 Å². The Morgan fingerprint density at radius 1 is 0.217 bits per heavy atom. The number of aromatic nitrogens is 6. The molecule has 0 radical (unpaired) electrons. The number of hydrogen-bond acceptors (Lipinski definition) is 3. The van der Waals surface area contributed by atoms with E-state index in [1.165, 1.54) is 43.4 Å². The van der Waals surface area contributed by atoms with Crippen molar-refractivity contribution < 1.29 is 0 Å². The molecule has 0 N–H and O–H groups in total. The fraction of sp³-hybridized carbons (Fsp3) is 0. The zero-order valence-corrected chi connectivity index (χ0v) is 37.3. The molecule has 69 heavy (non-hydrogen) atoms. The SMILES string of the molecule is c1ccc(-c2ccc(-c3nc(-c4ccccc4)nc(-c4cccc(-n5c6ccccc6c6ccc7c8ccccc8n(-c8ccc9c(c8)c8ccccc8n9-c8ccccc8)c7c65)c4)n3)cc2)cc1. The molecule has 0 atom stereocenters. The standard InChI is InChI=1S/C63H40N6/c1-4-17-41(18-5-1)42-31-33-44(34-32-42)62-64-61(43-19-6-2-7-20-43)65-63(66-62)45-21-16-24-47(39-45)68-56-29-14-10-25-49(56)52-36-37-53-50-26-11-15-30-57(50)69(60(53)59(52)68)48-35-38-58-54(40-48)51-27-12-13-28-55(51)67(58)46-22-8-3-9-23-46/h1-40H. The molecule has 0 aliphatic heterocycles. The van der Waals surface area contributed by atoms with E-state index in [-0.39, 0.29) is 0 Å². The summed E-state index contributed by atoms with van der Waals surface area (Å²) in [5.41, 5.74) is 15.2. The lowest BCUT2D eigenvalue weighted by Gasteiger charge is -2.14. The van der Waals surface area contributed by atoms with Gasteiger partial charge in [0.2, 0.25) is 0 Å². The zero-order chi connectivity index (χ0) is 45.4. The Morgan fingerprint density at radius 3 is 1.20 bits per heavy atom. The molecule has 0 unspecified atom stereocenters. The van der Waals surface area contributed by atoms with Crippen LogP contribution in [0.15, 0.2) is 243 Å². The fourth-order valence-electron chi connectivity index (χ4n) is 10.6. The summed E-state index contributed by atoms with van der Waals surface area (Å²) in [6.07, 6.45) is 0. The molecule has 322 valence electrons. The van der Waals surface area contributed by atoms with Crippen LogP contribution in [0.3, 0.4) is 0 Å². The molecule has 14 rings (SSSR count). The van der Waals surface area contributed by atoms with Crippen molar-refractivity contribution in [3.8, 4) is 62.4 Å². The Labute approximate surface area is 397 Å². The van der Waals surface area contributed by atoms with E-state index in [2.05, 4.69) is 232 Å². The second kappa shape index (κ2) is 15.6. The minimum absolute atomic E-state index is 0.607. The van der Waals surface area contributed by atoms with Gasteiger partial charge in [-0.2, -0.15) is 0 Å². The van der Waals surface area contributed by atoms with Gasteiger partial charge in [-0.15, -0.1) is 0 Å². The quantitative estimate of drug-likeness (QED) is 0.160. The summed E-state index contributed by atoms with van der Waals surface area (Å²) < 4.78 is 7.30. The van der Waals surface area contributed by atoms with Crippen molar-refractivity contribution >= 4 is 65.4 Å². The first kappa shape index (κ1) is 38.8. The molecule has 0 bridgehead atoms. The number of nitrogens with zero attached hydrogens (tertiary/aromatic N) is 6. The van der Waals surface area contributed by atoms with Crippen molar-refractivity contribution in [1.29, 1.82) is 0 Å². The van der Waals surface area contributed by atoms with E-state index in [9.17, 15) is 0 Å². The second-order valence-corrected chi connectivity index (χ2v) is 17.6. The smallest absolute Gasteiger partial charge is 0.164 e. The molecule has 0 spiro atoms. The molecule has 0 amide bonds. The van der Waals surface area contributed by atoms with Crippen molar-refractivity contribution in [2.75, 3.05) is 0 Å². The summed E-state index contributed by atoms with van der Waals surface area (Å²) >= 11 is 0. The van der Waals surface area contributed by atoms with Crippen LogP contribution in [0.5, 0.6) is 0 Å². The third-order valence-electron chi connectivity index (χ3n) is 13.7. The van der Waals surface area contributed by atoms with Crippen molar-refractivity contribution in [2.24, 2.45) is 0 Å². The first-order valence-corrected chi connectivity index (χ1v) is 23.4. The maximum atomic E-state index is 5.21. The Kier molecular flexibility index (Phi) is 8.79. The van der Waals surface area contributed by atoms with Crippen LogP contribution >= 0.6 is 0 Å². The van der Waals surface area contributed by atoms with Gasteiger partial charge in [0.1, 0.15) is 0 Å². The van der Waals surface area contributed by atoms with Crippen molar-refractivity contribution in [1.82, 2.24) is 28.7 Å². The summed E-state index contributed by atoms with van der Waals surface area (Å²) in [5, 5.41) is 7.19. The van der Waals surface area contributed by atoms with Gasteiger partial charge in [0.15, 0.2) is 17.5 Å². The first-order valence-electron chi connectivity index (χ1n) is 23.4. The monoisotopic (exact) mass is 880 g/mol. The molecule has 14 aromatic rings. The third kappa shape index (κ3) is 6.23. The first-order chi connectivity index (χ1) is 34.2. The molecule has 0 aliphatic rings. The van der Waals surface area contributed by atoms with Crippen LogP contribution in [-0.4, -0.2) is 28.7 Å². The van der Waals surface area contributed by atoms with Gasteiger partial charge in [-0.05, 0) is 71.8 Å². The zero-order valence-electron chi connectivity index (χ0n) is 37.3. The van der Waals surface area contributed by atoms with Gasteiger partial charge in [-0.3, -0.25) is 0 Å². The van der Waals surface area contributed by atoms with Crippen molar-refractivity contribution in [3.05, 3.63) is 243 Å². The van der Waals surface area contributed by atoms with Crippen LogP contribution in [0.2, 0.25) is 0 Å². The van der Waals surface area contributed by atoms with Gasteiger partial charge >= 0.3 is 0 Å². The summed E-state index contributed by atoms with van der Waals surface area (Å²) in [6, 6.07) is 86.3. The van der Waals surface area contributed by atoms with Crippen molar-refractivity contribution in [2.45, 2.75) is 0 Å². The van der Waals surface area contributed by atoms with Crippen LogP contribution in [0.1, 0.15) is 0 Å². The highest BCUT2D eigenvalue weighted by molar-refractivity contribution is 6.24. The molecular formula is C63H40N6. The molecule has 0 fully saturated rings. The van der Waals surface area contributed by atoms with E-state index in [4.69, 9.17) is 15.0 Å². The van der Waals surface area contributed by atoms with E-state index < -0.39 is 0 Å². The van der Waals surface area contributed by atoms with Crippen LogP contribution < -0.4 is 0 Å². The van der Waals surface area contributed by atoms with Gasteiger partial charge in [-0.1, -0.05) is 182 Å². The predicted octanol–water partition coefficient (Wildman–Crippen LogP) is 15.8. The largest absolute Gasteiger partial charge is 0.309 e. The third-order valence-corrected chi connectivity index (χ3v) is 13.7. The van der Waals surface area contributed by atoms with E-state index in [1.807, 2.05) is 24.3 Å². The molecule has 0 saturated carbocycles. The highest BCUT2D eigenvalue weighted by Gasteiger charge is 2.23. The number of rotatable bonds is 7. The Balaban J connectivity index is 0.993. The van der Waals surface area contributed by atoms with Gasteiger partial charge in [0.05, 0.1) is 33.1 Å². The second-order valence-electron chi connectivity index (χ2n) is 17.6. The molecular weight excluding hydrogens is 841 g/mol. The summed E-state index contributed by atoms with van der Waals surface area (Å²) in [6.45, 7) is 0. The normalized spacial score (nSPS) is 11.8. The minimum Gasteiger partial charge on any atom is -0.309 e.